The van der Waals surface area contributed by atoms with Gasteiger partial charge in [0.15, 0.2) is 5.71 Å². The van der Waals surface area contributed by atoms with Gasteiger partial charge in [0.25, 0.3) is 23.3 Å². The molecule has 206 valence electrons. The zero-order valence-corrected chi connectivity index (χ0v) is 23.1. The normalized spacial score (nSPS) is 19.5. The molecule has 3 aliphatic rings. The summed E-state index contributed by atoms with van der Waals surface area (Å²) in [6, 6.07) is 23.2. The van der Waals surface area contributed by atoms with E-state index in [1.807, 2.05) is 18.2 Å². The van der Waals surface area contributed by atoms with Crippen LogP contribution in [-0.4, -0.2) is 38.0 Å². The molecule has 1 aromatic heterocycles. The lowest BCUT2D eigenvalue weighted by molar-refractivity contribution is -0.114. The Hall–Kier alpha value is -5.49. The molecule has 0 aliphatic carbocycles. The highest BCUT2D eigenvalue weighted by Crippen LogP contribution is 2.43. The van der Waals surface area contributed by atoms with Gasteiger partial charge in [0.1, 0.15) is 5.69 Å². The van der Waals surface area contributed by atoms with Crippen LogP contribution in [0.3, 0.4) is 0 Å². The van der Waals surface area contributed by atoms with E-state index in [2.05, 4.69) is 20.8 Å². The predicted octanol–water partition coefficient (Wildman–Crippen LogP) is 3.64. The fourth-order valence-corrected chi connectivity index (χ4v) is 6.25. The van der Waals surface area contributed by atoms with E-state index in [0.717, 1.165) is 11.8 Å². The Morgan fingerprint density at radius 3 is 2.10 bits per heavy atom. The number of carbonyl (C=O) groups excluding carboxylic acids is 3. The molecular weight excluding hydrogens is 554 g/mol. The molecule has 0 bridgehead atoms. The smallest absolute Gasteiger partial charge is 0.296 e. The molecule has 0 saturated carbocycles. The highest BCUT2D eigenvalue weighted by atomic mass is 32.2. The van der Waals surface area contributed by atoms with E-state index >= 15 is 0 Å². The van der Waals surface area contributed by atoms with Crippen molar-refractivity contribution in [2.75, 3.05) is 15.5 Å². The van der Waals surface area contributed by atoms with Crippen LogP contribution in [0.25, 0.3) is 11.3 Å². The van der Waals surface area contributed by atoms with Gasteiger partial charge in [0.05, 0.1) is 27.5 Å². The third-order valence-corrected chi connectivity index (χ3v) is 8.34. The molecule has 11 nitrogen and oxygen atoms in total. The highest BCUT2D eigenvalue weighted by molar-refractivity contribution is 8.19. The number of fused-ring (bicyclic) bond motifs is 2. The summed E-state index contributed by atoms with van der Waals surface area (Å²) in [5, 5.41) is 14.2. The van der Waals surface area contributed by atoms with Gasteiger partial charge < -0.3 is 10.6 Å². The summed E-state index contributed by atoms with van der Waals surface area (Å²) in [5.74, 6) is -1.47. The first-order valence-electron chi connectivity index (χ1n) is 12.9. The Bertz CT molecular complexity index is 2020. The number of nitrogens with zero attached hydrogens (tertiary/aromatic N) is 5. The molecule has 0 spiro atoms. The number of rotatable bonds is 3. The van der Waals surface area contributed by atoms with Gasteiger partial charge in [-0.15, -0.1) is 10.2 Å². The molecule has 3 amide bonds. The largest absolute Gasteiger partial charge is 0.321 e. The second kappa shape index (κ2) is 9.56. The molecular formula is C30H21N7O4S. The van der Waals surface area contributed by atoms with Crippen molar-refractivity contribution in [3.05, 3.63) is 111 Å². The number of thioether (sulfide) groups is 1. The highest BCUT2D eigenvalue weighted by Gasteiger charge is 2.43. The van der Waals surface area contributed by atoms with Crippen LogP contribution in [-0.2, 0) is 21.4 Å². The molecule has 1 saturated heterocycles. The maximum absolute atomic E-state index is 14.2. The lowest BCUT2D eigenvalue weighted by Gasteiger charge is -2.13. The second-order valence-electron chi connectivity index (χ2n) is 9.69. The fourth-order valence-electron chi connectivity index (χ4n) is 5.24. The van der Waals surface area contributed by atoms with Gasteiger partial charge in [-0.05, 0) is 43.0 Å². The van der Waals surface area contributed by atoms with Crippen LogP contribution in [0.2, 0.25) is 0 Å². The summed E-state index contributed by atoms with van der Waals surface area (Å²) < 4.78 is 3.10. The third kappa shape index (κ3) is 3.76. The molecule has 4 heterocycles. The van der Waals surface area contributed by atoms with Crippen LogP contribution in [0.4, 0.5) is 17.1 Å². The van der Waals surface area contributed by atoms with Crippen molar-refractivity contribution in [3.8, 4) is 5.69 Å². The van der Waals surface area contributed by atoms with Crippen LogP contribution in [0.15, 0.2) is 98.8 Å². The van der Waals surface area contributed by atoms with Crippen molar-refractivity contribution in [1.29, 1.82) is 0 Å². The Morgan fingerprint density at radius 2 is 1.36 bits per heavy atom. The van der Waals surface area contributed by atoms with E-state index in [1.165, 1.54) is 9.58 Å². The summed E-state index contributed by atoms with van der Waals surface area (Å²) in [4.78, 5) is 55.2. The molecule has 0 unspecified atom stereocenters. The molecule has 4 aromatic rings. The van der Waals surface area contributed by atoms with E-state index in [1.54, 1.807) is 79.3 Å². The van der Waals surface area contributed by atoms with Crippen molar-refractivity contribution in [1.82, 2.24) is 9.36 Å². The molecule has 3 aromatic carbocycles. The SMILES string of the molecule is Cc1c(N2C(=O)/C(=C3\C(=O)Nc4ccccc43)SC2=NN=C2C(=O)Nc3ccccc32)c(=O)n(-c2ccccc2)n1C. The van der Waals surface area contributed by atoms with Gasteiger partial charge in [0.2, 0.25) is 5.17 Å². The minimum absolute atomic E-state index is 0.0374. The summed E-state index contributed by atoms with van der Waals surface area (Å²) >= 11 is 0.930. The predicted molar refractivity (Wildman–Crippen MR) is 162 cm³/mol. The number of para-hydroxylation sites is 3. The van der Waals surface area contributed by atoms with Gasteiger partial charge in [-0.1, -0.05) is 54.6 Å². The molecule has 0 atom stereocenters. The zero-order chi connectivity index (χ0) is 29.1. The van der Waals surface area contributed by atoms with Gasteiger partial charge in [-0.3, -0.25) is 23.9 Å². The summed E-state index contributed by atoms with van der Waals surface area (Å²) in [7, 11) is 1.72. The maximum atomic E-state index is 14.2. The monoisotopic (exact) mass is 575 g/mol. The van der Waals surface area contributed by atoms with E-state index in [4.69, 9.17) is 0 Å². The lowest BCUT2D eigenvalue weighted by Crippen LogP contribution is -2.34. The van der Waals surface area contributed by atoms with Crippen molar-refractivity contribution in [3.63, 3.8) is 0 Å². The van der Waals surface area contributed by atoms with Gasteiger partial charge >= 0.3 is 0 Å². The molecule has 1 fully saturated rings. The minimum atomic E-state index is -0.594. The van der Waals surface area contributed by atoms with Crippen molar-refractivity contribution < 1.29 is 14.4 Å². The average Bonchev–Trinajstić information content (AvgIpc) is 3.66. The quantitative estimate of drug-likeness (QED) is 0.285. The molecule has 0 radical (unpaired) electrons. The molecule has 3 aliphatic heterocycles. The summed E-state index contributed by atoms with van der Waals surface area (Å²) in [5.41, 5.74) is 3.28. The van der Waals surface area contributed by atoms with Crippen LogP contribution in [0.5, 0.6) is 0 Å². The van der Waals surface area contributed by atoms with Crippen LogP contribution in [0.1, 0.15) is 16.8 Å². The van der Waals surface area contributed by atoms with Crippen molar-refractivity contribution in [2.45, 2.75) is 6.92 Å². The van der Waals surface area contributed by atoms with Crippen LogP contribution >= 0.6 is 11.8 Å². The molecule has 7 rings (SSSR count). The Labute approximate surface area is 242 Å². The Kier molecular flexibility index (Phi) is 5.80. The average molecular weight is 576 g/mol. The summed E-state index contributed by atoms with van der Waals surface area (Å²) in [6.07, 6.45) is 0. The zero-order valence-electron chi connectivity index (χ0n) is 22.3. The lowest BCUT2D eigenvalue weighted by atomic mass is 10.1. The number of amidine groups is 1. The van der Waals surface area contributed by atoms with Crippen LogP contribution in [0, 0.1) is 6.92 Å². The number of nitrogens with one attached hydrogen (secondary N) is 2. The first-order chi connectivity index (χ1) is 20.3. The first-order valence-corrected chi connectivity index (χ1v) is 13.7. The maximum Gasteiger partial charge on any atom is 0.296 e. The van der Waals surface area contributed by atoms with E-state index in [-0.39, 0.29) is 27.0 Å². The number of benzene rings is 3. The summed E-state index contributed by atoms with van der Waals surface area (Å²) in [6.45, 7) is 1.72. The topological polar surface area (TPSA) is 130 Å². The number of carbonyl (C=O) groups is 3. The van der Waals surface area contributed by atoms with E-state index in [0.29, 0.717) is 33.9 Å². The first kappa shape index (κ1) is 25.5. The van der Waals surface area contributed by atoms with Crippen molar-refractivity contribution >= 4 is 63.0 Å². The van der Waals surface area contributed by atoms with E-state index < -0.39 is 23.3 Å². The number of amides is 3. The van der Waals surface area contributed by atoms with Crippen molar-refractivity contribution in [2.24, 2.45) is 17.3 Å². The van der Waals surface area contributed by atoms with Gasteiger partial charge in [0, 0.05) is 23.9 Å². The standard InChI is InChI=1S/C30H21N7O4S/c1-16-24(28(40)37(35(16)2)17-10-4-3-5-11-17)36-29(41)25(22-18-12-6-8-14-20(18)31-26(22)38)42-30(36)34-33-23-19-13-7-9-15-21(19)32-27(23)39/h3-15H,1-2H3,(H,31,38)(H,32,33,39)/b25-22+,34-30?. The van der Waals surface area contributed by atoms with E-state index in [9.17, 15) is 19.2 Å². The van der Waals surface area contributed by atoms with Gasteiger partial charge in [-0.2, -0.15) is 0 Å². The fraction of sp³-hybridized carbons (Fsp3) is 0.0667. The van der Waals surface area contributed by atoms with Gasteiger partial charge in [-0.25, -0.2) is 9.58 Å². The Balaban J connectivity index is 1.43. The molecule has 42 heavy (non-hydrogen) atoms. The molecule has 12 heteroatoms. The number of anilines is 3. The minimum Gasteiger partial charge on any atom is -0.321 e. The number of aromatic nitrogens is 2. The second-order valence-corrected chi connectivity index (χ2v) is 10.7. The molecule has 2 N–H and O–H groups in total. The number of hydrogen-bond acceptors (Lipinski definition) is 7. The Morgan fingerprint density at radius 1 is 0.738 bits per heavy atom. The van der Waals surface area contributed by atoms with Crippen LogP contribution < -0.4 is 21.1 Å². The number of hydrogen-bond donors (Lipinski definition) is 2. The third-order valence-electron chi connectivity index (χ3n) is 7.31.